The lowest BCUT2D eigenvalue weighted by molar-refractivity contribution is -0.112. The van der Waals surface area contributed by atoms with Crippen LogP contribution in [-0.2, 0) is 15.6 Å². The molecule has 0 aliphatic carbocycles. The summed E-state index contributed by atoms with van der Waals surface area (Å²) in [6.45, 7) is 2.62. The van der Waals surface area contributed by atoms with Crippen molar-refractivity contribution in [2.45, 2.75) is 13.3 Å². The summed E-state index contributed by atoms with van der Waals surface area (Å²) in [5.41, 5.74) is 1.11. The minimum atomic E-state index is -1.59. The second-order valence-corrected chi connectivity index (χ2v) is 5.47. The maximum atomic E-state index is 12.2. The van der Waals surface area contributed by atoms with Gasteiger partial charge in [-0.2, -0.15) is 5.21 Å². The molecule has 3 rings (SSSR count). The summed E-state index contributed by atoms with van der Waals surface area (Å²) >= 11 is 0. The van der Waals surface area contributed by atoms with Crippen LogP contribution < -0.4 is 5.32 Å². The zero-order chi connectivity index (χ0) is 14.1. The summed E-state index contributed by atoms with van der Waals surface area (Å²) in [6, 6.07) is 0. The Labute approximate surface area is 116 Å². The minimum absolute atomic E-state index is 0.0343. The minimum Gasteiger partial charge on any atom is -0.320 e. The first-order valence-corrected chi connectivity index (χ1v) is 7.04. The largest absolute Gasteiger partial charge is 0.320 e. The SMILES string of the molecule is CCC1=CN=C2N(C=C(C(=O)Nc3nn[nH]n3)S2=O)C1. The number of rotatable bonds is 3. The van der Waals surface area contributed by atoms with E-state index in [4.69, 9.17) is 0 Å². The fourth-order valence-corrected chi connectivity index (χ4v) is 2.93. The van der Waals surface area contributed by atoms with Gasteiger partial charge < -0.3 is 4.90 Å². The van der Waals surface area contributed by atoms with Crippen LogP contribution in [0.3, 0.4) is 0 Å². The maximum absolute atomic E-state index is 12.2. The average molecular weight is 293 g/mol. The molecule has 2 N–H and O–H groups in total. The van der Waals surface area contributed by atoms with E-state index in [0.29, 0.717) is 11.7 Å². The van der Waals surface area contributed by atoms with E-state index in [2.05, 4.69) is 30.9 Å². The van der Waals surface area contributed by atoms with Gasteiger partial charge in [-0.1, -0.05) is 12.0 Å². The average Bonchev–Trinajstić information content (AvgIpc) is 3.06. The Morgan fingerprint density at radius 1 is 1.60 bits per heavy atom. The molecular formula is C10H11N7O2S. The molecule has 2 aliphatic rings. The van der Waals surface area contributed by atoms with Gasteiger partial charge in [-0.3, -0.25) is 10.1 Å². The first-order chi connectivity index (χ1) is 9.69. The number of nitrogens with one attached hydrogen (secondary N) is 2. The van der Waals surface area contributed by atoms with E-state index in [1.165, 1.54) is 0 Å². The monoisotopic (exact) mass is 293 g/mol. The van der Waals surface area contributed by atoms with Crippen LogP contribution in [-0.4, -0.2) is 47.4 Å². The Morgan fingerprint density at radius 3 is 3.15 bits per heavy atom. The number of anilines is 1. The Kier molecular flexibility index (Phi) is 3.14. The van der Waals surface area contributed by atoms with E-state index in [0.717, 1.165) is 12.0 Å². The quantitative estimate of drug-likeness (QED) is 0.791. The topological polar surface area (TPSA) is 116 Å². The van der Waals surface area contributed by atoms with Crippen LogP contribution in [0.15, 0.2) is 27.9 Å². The number of tetrazole rings is 1. The van der Waals surface area contributed by atoms with E-state index >= 15 is 0 Å². The predicted octanol–water partition coefficient (Wildman–Crippen LogP) is -0.293. The fourth-order valence-electron chi connectivity index (χ4n) is 1.81. The molecule has 0 saturated heterocycles. The fraction of sp³-hybridized carbons (Fsp3) is 0.300. The van der Waals surface area contributed by atoms with Crippen LogP contribution >= 0.6 is 0 Å². The first kappa shape index (κ1) is 12.7. The lowest BCUT2D eigenvalue weighted by Gasteiger charge is -2.20. The molecule has 1 atom stereocenters. The molecule has 0 fully saturated rings. The molecule has 0 saturated carbocycles. The number of carbonyl (C=O) groups excluding carboxylic acids is 1. The highest BCUT2D eigenvalue weighted by Crippen LogP contribution is 2.24. The van der Waals surface area contributed by atoms with E-state index in [1.54, 1.807) is 17.3 Å². The van der Waals surface area contributed by atoms with Gasteiger partial charge in [0.2, 0.25) is 5.17 Å². The van der Waals surface area contributed by atoms with Crippen molar-refractivity contribution in [2.75, 3.05) is 11.9 Å². The van der Waals surface area contributed by atoms with Crippen LogP contribution in [0.4, 0.5) is 5.95 Å². The summed E-state index contributed by atoms with van der Waals surface area (Å²) in [6.07, 6.45) is 4.11. The molecule has 1 aromatic rings. The number of H-pyrrole nitrogens is 1. The summed E-state index contributed by atoms with van der Waals surface area (Å²) in [7, 11) is -1.59. The van der Waals surface area contributed by atoms with Crippen LogP contribution in [0.25, 0.3) is 0 Å². The van der Waals surface area contributed by atoms with Crippen LogP contribution in [0.2, 0.25) is 0 Å². The highest BCUT2D eigenvalue weighted by atomic mass is 32.2. The highest BCUT2D eigenvalue weighted by molar-refractivity contribution is 8.05. The molecule has 0 aromatic carbocycles. The highest BCUT2D eigenvalue weighted by Gasteiger charge is 2.34. The van der Waals surface area contributed by atoms with Crippen molar-refractivity contribution >= 4 is 27.8 Å². The number of aromatic amines is 1. The van der Waals surface area contributed by atoms with Gasteiger partial charge in [-0.25, -0.2) is 9.20 Å². The Morgan fingerprint density at radius 2 is 2.45 bits per heavy atom. The van der Waals surface area contributed by atoms with Crippen LogP contribution in [0.1, 0.15) is 13.3 Å². The second kappa shape index (κ2) is 4.96. The summed E-state index contributed by atoms with van der Waals surface area (Å²) < 4.78 is 12.2. The Balaban J connectivity index is 1.80. The molecule has 10 heteroatoms. The van der Waals surface area contributed by atoms with Crippen molar-refractivity contribution in [3.05, 3.63) is 22.9 Å². The molecule has 1 unspecified atom stereocenters. The van der Waals surface area contributed by atoms with E-state index in [-0.39, 0.29) is 10.9 Å². The normalized spacial score (nSPS) is 20.9. The molecule has 0 spiro atoms. The van der Waals surface area contributed by atoms with Gasteiger partial charge in [-0.15, -0.1) is 5.10 Å². The number of aliphatic imine (C=N–C) groups is 1. The third kappa shape index (κ3) is 2.13. The molecule has 0 bridgehead atoms. The van der Waals surface area contributed by atoms with E-state index in [9.17, 15) is 9.00 Å². The van der Waals surface area contributed by atoms with Gasteiger partial charge in [0.1, 0.15) is 15.7 Å². The van der Waals surface area contributed by atoms with Crippen LogP contribution in [0.5, 0.6) is 0 Å². The summed E-state index contributed by atoms with van der Waals surface area (Å²) in [4.78, 5) is 18.0. The first-order valence-electron chi connectivity index (χ1n) is 5.89. The summed E-state index contributed by atoms with van der Waals surface area (Å²) in [5.74, 6) is -0.494. The molecule has 3 heterocycles. The Bertz CT molecular complexity index is 661. The second-order valence-electron chi connectivity index (χ2n) is 4.13. The molecular weight excluding hydrogens is 282 g/mol. The van der Waals surface area contributed by atoms with Crippen molar-refractivity contribution < 1.29 is 9.00 Å². The van der Waals surface area contributed by atoms with E-state index < -0.39 is 16.7 Å². The third-order valence-corrected chi connectivity index (χ3v) is 4.23. The number of amidine groups is 1. The number of carbonyl (C=O) groups is 1. The van der Waals surface area contributed by atoms with Crippen molar-refractivity contribution in [1.82, 2.24) is 25.5 Å². The molecule has 9 nitrogen and oxygen atoms in total. The molecule has 0 radical (unpaired) electrons. The van der Waals surface area contributed by atoms with Crippen molar-refractivity contribution in [1.29, 1.82) is 0 Å². The van der Waals surface area contributed by atoms with E-state index in [1.807, 2.05) is 6.92 Å². The maximum Gasteiger partial charge on any atom is 0.270 e. The van der Waals surface area contributed by atoms with Crippen molar-refractivity contribution in [3.8, 4) is 0 Å². The van der Waals surface area contributed by atoms with Gasteiger partial charge in [0.15, 0.2) is 0 Å². The number of nitrogens with zero attached hydrogens (tertiary/aromatic N) is 5. The van der Waals surface area contributed by atoms with Crippen molar-refractivity contribution in [3.63, 3.8) is 0 Å². The smallest absolute Gasteiger partial charge is 0.270 e. The molecule has 104 valence electrons. The molecule has 1 aromatic heterocycles. The Hall–Kier alpha value is -2.36. The third-order valence-electron chi connectivity index (χ3n) is 2.86. The van der Waals surface area contributed by atoms with Crippen LogP contribution in [0, 0.1) is 0 Å². The van der Waals surface area contributed by atoms with Gasteiger partial charge in [0.05, 0.1) is 0 Å². The number of hydrogen-bond acceptors (Lipinski definition) is 7. The standard InChI is InChI=1S/C10H11N7O2S/c1-2-6-3-11-10-17(4-6)5-7(20(10)19)8(18)12-9-13-15-16-14-9/h3,5H,2,4H2,1H3,(H2,12,13,14,15,16,18). The van der Waals surface area contributed by atoms with Crippen molar-refractivity contribution in [2.24, 2.45) is 4.99 Å². The zero-order valence-corrected chi connectivity index (χ0v) is 11.3. The predicted molar refractivity (Wildman–Crippen MR) is 71.5 cm³/mol. The lowest BCUT2D eigenvalue weighted by atomic mass is 10.2. The van der Waals surface area contributed by atoms with Gasteiger partial charge in [0.25, 0.3) is 11.9 Å². The number of aromatic nitrogens is 4. The zero-order valence-electron chi connectivity index (χ0n) is 10.5. The molecule has 20 heavy (non-hydrogen) atoms. The van der Waals surface area contributed by atoms with Gasteiger partial charge >= 0.3 is 0 Å². The summed E-state index contributed by atoms with van der Waals surface area (Å²) in [5, 5.41) is 15.6. The number of fused-ring (bicyclic) bond motifs is 1. The van der Waals surface area contributed by atoms with Gasteiger partial charge in [-0.05, 0) is 17.2 Å². The number of amides is 1. The van der Waals surface area contributed by atoms with Gasteiger partial charge in [0, 0.05) is 18.9 Å². The number of hydrogen-bond donors (Lipinski definition) is 2. The molecule has 2 aliphatic heterocycles. The molecule has 1 amide bonds. The lowest BCUT2D eigenvalue weighted by Crippen LogP contribution is -2.28.